The predicted molar refractivity (Wildman–Crippen MR) is 188 cm³/mol. The van der Waals surface area contributed by atoms with E-state index in [1.807, 2.05) is 44.2 Å². The average Bonchev–Trinajstić information content (AvgIpc) is 3.56. The van der Waals surface area contributed by atoms with E-state index in [1.165, 1.54) is 0 Å². The van der Waals surface area contributed by atoms with Crippen LogP contribution in [0.2, 0.25) is 0 Å². The first-order valence-electron chi connectivity index (χ1n) is 17.4. The van der Waals surface area contributed by atoms with Gasteiger partial charge < -0.3 is 34.3 Å². The summed E-state index contributed by atoms with van der Waals surface area (Å²) >= 11 is 5.21. The summed E-state index contributed by atoms with van der Waals surface area (Å²) in [7, 11) is 3.21. The third-order valence-electron chi connectivity index (χ3n) is 12.3. The van der Waals surface area contributed by atoms with Crippen LogP contribution in [0.3, 0.4) is 0 Å². The van der Waals surface area contributed by atoms with Gasteiger partial charge in [-0.15, -0.1) is 0 Å². The molecule has 4 saturated carbocycles. The third kappa shape index (κ3) is 5.37. The Balaban J connectivity index is 0.928. The minimum atomic E-state index is -2.31. The highest BCUT2D eigenvalue weighted by Crippen LogP contribution is 2.76. The molecule has 0 amide bonds. The summed E-state index contributed by atoms with van der Waals surface area (Å²) in [6.45, 7) is 8.63. The molecule has 3 N–H and O–H groups in total. The van der Waals surface area contributed by atoms with Crippen LogP contribution < -0.4 is 4.74 Å². The number of hydrogen-bond donors (Lipinski definition) is 3. The zero-order chi connectivity index (χ0) is 35.6. The maximum Gasteiger partial charge on any atom is 0.306 e. The number of carbonyl (C=O) groups is 3. The van der Waals surface area contributed by atoms with Gasteiger partial charge in [0.25, 0.3) is 0 Å². The van der Waals surface area contributed by atoms with E-state index in [0.29, 0.717) is 44.5 Å². The molecule has 10 nitrogen and oxygen atoms in total. The smallest absolute Gasteiger partial charge is 0.306 e. The molecule has 50 heavy (non-hydrogen) atoms. The molecule has 3 heterocycles. The fourth-order valence-corrected chi connectivity index (χ4v) is 12.6. The van der Waals surface area contributed by atoms with Gasteiger partial charge in [-0.2, -0.15) is 0 Å². The van der Waals surface area contributed by atoms with Crippen LogP contribution in [0.4, 0.5) is 0 Å². The molecule has 2 aromatic rings. The maximum atomic E-state index is 14.2. The van der Waals surface area contributed by atoms with Gasteiger partial charge in [-0.05, 0) is 84.9 Å². The van der Waals surface area contributed by atoms with Gasteiger partial charge in [0, 0.05) is 41.4 Å². The fraction of sp³-hybridized carbons (Fsp3) is 0.622. The Kier molecular flexibility index (Phi) is 9.44. The molecule has 2 saturated heterocycles. The molecule has 2 aliphatic heterocycles. The van der Waals surface area contributed by atoms with Crippen LogP contribution in [0, 0.1) is 37.8 Å². The number of hydrogen-bond acceptors (Lipinski definition) is 13. The van der Waals surface area contributed by atoms with Crippen molar-refractivity contribution in [3.8, 4) is 16.2 Å². The van der Waals surface area contributed by atoms with Crippen LogP contribution in [-0.2, 0) is 28.6 Å². The molecule has 13 heteroatoms. The zero-order valence-corrected chi connectivity index (χ0v) is 30.7. The Morgan fingerprint density at radius 1 is 1.04 bits per heavy atom. The number of rotatable bonds is 11. The first-order valence-corrected chi connectivity index (χ1v) is 20.0. The highest BCUT2D eigenvalue weighted by Gasteiger charge is 2.87. The molecule has 0 radical (unpaired) electrons. The van der Waals surface area contributed by atoms with Gasteiger partial charge in [-0.25, -0.2) is 0 Å². The molecule has 1 aromatic carbocycles. The molecule has 270 valence electrons. The van der Waals surface area contributed by atoms with Crippen molar-refractivity contribution in [1.29, 1.82) is 0 Å². The van der Waals surface area contributed by atoms with E-state index in [-0.39, 0.29) is 38.0 Å². The van der Waals surface area contributed by atoms with Crippen molar-refractivity contribution in [2.24, 2.45) is 34.0 Å². The summed E-state index contributed by atoms with van der Waals surface area (Å²) in [5, 5.41) is 35.7. The number of Topliss-reactive ketones (excluding diaryl/α,β-unsaturated/α-hetero) is 1. The lowest BCUT2D eigenvalue weighted by molar-refractivity contribution is -0.458. The van der Waals surface area contributed by atoms with Crippen molar-refractivity contribution in [2.45, 2.75) is 89.3 Å². The van der Waals surface area contributed by atoms with E-state index >= 15 is 0 Å². The Morgan fingerprint density at radius 2 is 1.78 bits per heavy atom. The molecule has 9 atom stereocenters. The molecular formula is C37H44O10S3. The lowest BCUT2D eigenvalue weighted by atomic mass is 9.35. The van der Waals surface area contributed by atoms with E-state index in [0.717, 1.165) is 14.3 Å². The van der Waals surface area contributed by atoms with Crippen molar-refractivity contribution in [1.82, 2.24) is 0 Å². The van der Waals surface area contributed by atoms with Crippen molar-refractivity contribution in [2.75, 3.05) is 19.8 Å². The molecule has 4 aliphatic carbocycles. The first-order chi connectivity index (χ1) is 23.8. The van der Waals surface area contributed by atoms with Gasteiger partial charge in [0.05, 0.1) is 25.9 Å². The summed E-state index contributed by atoms with van der Waals surface area (Å²) < 4.78 is 24.1. The Bertz CT molecular complexity index is 1730. The van der Waals surface area contributed by atoms with E-state index in [1.54, 1.807) is 20.7 Å². The number of aliphatic hydroxyl groups is 3. The van der Waals surface area contributed by atoms with Crippen LogP contribution in [-0.4, -0.2) is 77.0 Å². The largest absolute Gasteiger partial charge is 0.493 e. The number of carbonyl (C=O) groups excluding carboxylic acids is 3. The maximum absolute atomic E-state index is 14.2. The van der Waals surface area contributed by atoms with Crippen molar-refractivity contribution in [3.05, 3.63) is 46.3 Å². The van der Waals surface area contributed by atoms with Crippen molar-refractivity contribution >= 4 is 50.6 Å². The molecule has 2 spiro atoms. The van der Waals surface area contributed by atoms with E-state index < -0.39 is 75.8 Å². The van der Waals surface area contributed by atoms with E-state index in [9.17, 15) is 29.7 Å². The second-order valence-corrected chi connectivity index (χ2v) is 18.1. The van der Waals surface area contributed by atoms with Gasteiger partial charge in [0.2, 0.25) is 5.79 Å². The summed E-state index contributed by atoms with van der Waals surface area (Å²) in [6, 6.07) is 9.73. The van der Waals surface area contributed by atoms with Crippen LogP contribution in [0.15, 0.2) is 42.5 Å². The molecule has 0 unspecified atom stereocenters. The second kappa shape index (κ2) is 13.2. The number of benzene rings is 1. The van der Waals surface area contributed by atoms with Gasteiger partial charge in [0.1, 0.15) is 27.2 Å². The second-order valence-electron chi connectivity index (χ2n) is 15.2. The SMILES string of the molecule is C=C1C(=O)[C@]23[C@H](OC(=O)CCCC(=O)OCCCOc4ccc(-c5cc(=S)ss5)cc4)[C@H]1CC[C@H]2[C@@]12CO[C@@]3(O)[C@@H](O)[C@@H]1C(C)(C)CC[C@@H]2O. The number of aliphatic hydroxyl groups excluding tert-OH is 2. The Morgan fingerprint density at radius 3 is 2.50 bits per heavy atom. The predicted octanol–water partition coefficient (Wildman–Crippen LogP) is 5.63. The standard InChI is InChI=1S/C37H44O10S3/c1-20-23-12-13-25-35-19-46-37(43,32(42)30(35)34(2,3)15-14-26(35)38)36(25,31(20)41)33(23)47-28(40)7-4-6-27(39)45-17-5-16-44-22-10-8-21(9-11-22)24-18-29(48)50-49-24/h8-11,18,23,25-26,30,32-33,38,42-43H,1,4-7,12-17,19H2,2-3H3/t23-,25-,26-,30+,32-,33+,35+,36-,37-/m0/s1. The Hall–Kier alpha value is -2.52. The number of esters is 2. The monoisotopic (exact) mass is 744 g/mol. The van der Waals surface area contributed by atoms with Gasteiger partial charge in [-0.1, -0.05) is 53.3 Å². The number of ketones is 1. The molecular weight excluding hydrogens is 701 g/mol. The van der Waals surface area contributed by atoms with Crippen LogP contribution >= 0.6 is 32.9 Å². The van der Waals surface area contributed by atoms with Crippen molar-refractivity contribution in [3.63, 3.8) is 0 Å². The minimum absolute atomic E-state index is 0.00165. The molecule has 8 rings (SSSR count). The summed E-state index contributed by atoms with van der Waals surface area (Å²) in [5.41, 5.74) is -1.90. The highest BCUT2D eigenvalue weighted by molar-refractivity contribution is 7.80. The van der Waals surface area contributed by atoms with E-state index in [2.05, 4.69) is 6.58 Å². The molecule has 1 aromatic heterocycles. The topological polar surface area (TPSA) is 149 Å². The van der Waals surface area contributed by atoms with Crippen molar-refractivity contribution < 1.29 is 48.7 Å². The van der Waals surface area contributed by atoms with Gasteiger partial charge in [-0.3, -0.25) is 14.4 Å². The highest BCUT2D eigenvalue weighted by atomic mass is 32.9. The Labute approximate surface area is 303 Å². The van der Waals surface area contributed by atoms with Gasteiger partial charge >= 0.3 is 11.9 Å². The van der Waals surface area contributed by atoms with Crippen LogP contribution in [0.1, 0.15) is 65.2 Å². The molecule has 6 aliphatic rings. The van der Waals surface area contributed by atoms with E-state index in [4.69, 9.17) is 31.2 Å². The number of ether oxygens (including phenoxy) is 4. The zero-order valence-electron chi connectivity index (χ0n) is 28.3. The van der Waals surface area contributed by atoms with Gasteiger partial charge in [0.15, 0.2) is 5.78 Å². The lowest BCUT2D eigenvalue weighted by Crippen LogP contribution is -2.85. The summed E-state index contributed by atoms with van der Waals surface area (Å²) in [6.07, 6.45) is -0.779. The lowest BCUT2D eigenvalue weighted by Gasteiger charge is -2.74. The third-order valence-corrected chi connectivity index (χ3v) is 15.2. The summed E-state index contributed by atoms with van der Waals surface area (Å²) in [5.74, 6) is -4.78. The van der Waals surface area contributed by atoms with Crippen LogP contribution in [0.25, 0.3) is 10.4 Å². The molecule has 4 bridgehead atoms. The number of fused-ring (bicyclic) bond motifs is 2. The normalized spacial score (nSPS) is 36.4. The molecule has 6 fully saturated rings. The average molecular weight is 745 g/mol. The first kappa shape index (κ1) is 35.9. The summed E-state index contributed by atoms with van der Waals surface area (Å²) in [4.78, 5) is 41.1. The van der Waals surface area contributed by atoms with Crippen LogP contribution in [0.5, 0.6) is 5.75 Å². The minimum Gasteiger partial charge on any atom is -0.493 e. The quantitative estimate of drug-likeness (QED) is 0.0865. The fourth-order valence-electron chi connectivity index (χ4n) is 10.2.